The molecule has 4 aromatic rings. The topological polar surface area (TPSA) is 99.8 Å². The van der Waals surface area contributed by atoms with Crippen LogP contribution in [0.1, 0.15) is 24.8 Å². The molecule has 156 valence electrons. The van der Waals surface area contributed by atoms with Crippen LogP contribution in [0.3, 0.4) is 0 Å². The maximum atomic E-state index is 11.3. The van der Waals surface area contributed by atoms with E-state index in [0.29, 0.717) is 17.0 Å². The molecular formula is C23H19ClN4O3. The molecule has 0 aliphatic heterocycles. The van der Waals surface area contributed by atoms with Crippen LogP contribution in [0.15, 0.2) is 60.7 Å². The molecule has 0 atom stereocenters. The number of halogens is 1. The summed E-state index contributed by atoms with van der Waals surface area (Å²) in [6.45, 7) is 0. The van der Waals surface area contributed by atoms with E-state index < -0.39 is 11.6 Å². The van der Waals surface area contributed by atoms with E-state index in [1.165, 1.54) is 6.07 Å². The molecule has 31 heavy (non-hydrogen) atoms. The average molecular weight is 435 g/mol. The molecule has 0 spiro atoms. The third-order valence-corrected chi connectivity index (χ3v) is 6.03. The Balaban J connectivity index is 1.65. The zero-order chi connectivity index (χ0) is 21.6. The number of rotatable bonds is 4. The summed E-state index contributed by atoms with van der Waals surface area (Å²) >= 11 is 6.10. The van der Waals surface area contributed by atoms with Crippen molar-refractivity contribution in [3.8, 4) is 28.3 Å². The van der Waals surface area contributed by atoms with Crippen molar-refractivity contribution < 1.29 is 15.0 Å². The van der Waals surface area contributed by atoms with E-state index in [2.05, 4.69) is 15.4 Å². The fourth-order valence-corrected chi connectivity index (χ4v) is 4.38. The molecule has 5 rings (SSSR count). The third kappa shape index (κ3) is 3.27. The zero-order valence-corrected chi connectivity index (χ0v) is 17.2. The number of benzene rings is 2. The predicted molar refractivity (Wildman–Crippen MR) is 117 cm³/mol. The molecule has 0 radical (unpaired) electrons. The number of fused-ring (bicyclic) bond motifs is 1. The lowest BCUT2D eigenvalue weighted by molar-refractivity contribution is 0.144. The Morgan fingerprint density at radius 3 is 2.39 bits per heavy atom. The van der Waals surface area contributed by atoms with Crippen LogP contribution >= 0.6 is 11.6 Å². The van der Waals surface area contributed by atoms with Crippen LogP contribution in [0.2, 0.25) is 5.15 Å². The molecule has 0 bridgehead atoms. The lowest BCUT2D eigenvalue weighted by Crippen LogP contribution is -2.50. The highest BCUT2D eigenvalue weighted by Gasteiger charge is 2.40. The normalized spacial score (nSPS) is 14.9. The van der Waals surface area contributed by atoms with Gasteiger partial charge in [0, 0.05) is 17.2 Å². The Hall–Kier alpha value is -3.58. The van der Waals surface area contributed by atoms with Crippen LogP contribution in [-0.4, -0.2) is 30.9 Å². The first kappa shape index (κ1) is 19.4. The molecule has 3 N–H and O–H groups in total. The monoisotopic (exact) mass is 434 g/mol. The second-order valence-electron chi connectivity index (χ2n) is 7.71. The van der Waals surface area contributed by atoms with Gasteiger partial charge in [0.2, 0.25) is 0 Å². The molecule has 1 fully saturated rings. The minimum absolute atomic E-state index is 0.0564. The Morgan fingerprint density at radius 1 is 1.06 bits per heavy atom. The van der Waals surface area contributed by atoms with Crippen molar-refractivity contribution in [1.29, 1.82) is 0 Å². The van der Waals surface area contributed by atoms with Crippen LogP contribution in [0.4, 0.5) is 4.79 Å². The number of nitrogens with zero attached hydrogens (tertiary/aromatic N) is 3. The number of amides is 1. The number of carboxylic acid groups (broad SMARTS) is 1. The summed E-state index contributed by atoms with van der Waals surface area (Å²) in [5.41, 5.74) is 3.78. The van der Waals surface area contributed by atoms with Gasteiger partial charge in [0.25, 0.3) is 0 Å². The van der Waals surface area contributed by atoms with E-state index in [-0.39, 0.29) is 10.9 Å². The van der Waals surface area contributed by atoms with Crippen LogP contribution < -0.4 is 5.32 Å². The van der Waals surface area contributed by atoms with Gasteiger partial charge in [-0.3, -0.25) is 0 Å². The van der Waals surface area contributed by atoms with Gasteiger partial charge in [-0.05, 0) is 24.8 Å². The maximum absolute atomic E-state index is 11.3. The van der Waals surface area contributed by atoms with Crippen molar-refractivity contribution in [1.82, 2.24) is 19.9 Å². The average Bonchev–Trinajstić information content (AvgIpc) is 3.11. The Kier molecular flexibility index (Phi) is 4.55. The molecule has 2 aromatic carbocycles. The first-order chi connectivity index (χ1) is 15.0. The summed E-state index contributed by atoms with van der Waals surface area (Å²) < 4.78 is 1.55. The Morgan fingerprint density at radius 2 is 1.77 bits per heavy atom. The fraction of sp³-hybridized carbons (Fsp3) is 0.174. The van der Waals surface area contributed by atoms with Crippen molar-refractivity contribution in [2.24, 2.45) is 0 Å². The highest BCUT2D eigenvalue weighted by Crippen LogP contribution is 2.42. The highest BCUT2D eigenvalue weighted by molar-refractivity contribution is 6.29. The Bertz CT molecular complexity index is 1280. The lowest BCUT2D eigenvalue weighted by Gasteiger charge is -2.42. The van der Waals surface area contributed by atoms with E-state index in [0.717, 1.165) is 36.0 Å². The van der Waals surface area contributed by atoms with Crippen LogP contribution in [0.25, 0.3) is 28.2 Å². The minimum atomic E-state index is -1.02. The van der Waals surface area contributed by atoms with Crippen LogP contribution in [0, 0.1) is 0 Å². The van der Waals surface area contributed by atoms with Gasteiger partial charge in [-0.15, -0.1) is 0 Å². The van der Waals surface area contributed by atoms with E-state index in [1.54, 1.807) is 4.52 Å². The Labute approximate surface area is 182 Å². The second-order valence-corrected chi connectivity index (χ2v) is 8.09. The minimum Gasteiger partial charge on any atom is -0.504 e. The van der Waals surface area contributed by atoms with E-state index in [1.807, 2.05) is 54.6 Å². The predicted octanol–water partition coefficient (Wildman–Crippen LogP) is 5.07. The van der Waals surface area contributed by atoms with Gasteiger partial charge in [0.05, 0.1) is 11.2 Å². The number of hydrogen-bond acceptors (Lipinski definition) is 4. The van der Waals surface area contributed by atoms with Crippen molar-refractivity contribution in [3.05, 3.63) is 71.4 Å². The molecule has 0 saturated heterocycles. The van der Waals surface area contributed by atoms with Crippen molar-refractivity contribution >= 4 is 23.3 Å². The number of carbonyl (C=O) groups is 1. The van der Waals surface area contributed by atoms with Gasteiger partial charge in [-0.25, -0.2) is 14.3 Å². The fourth-order valence-electron chi connectivity index (χ4n) is 4.20. The summed E-state index contributed by atoms with van der Waals surface area (Å²) in [6.07, 6.45) is 1.52. The SMILES string of the molecule is O=C(O)NC1(c2ccc(-c3nc4c(O)cc(Cl)nn4c3-c3ccccc3)cc2)CCC1. The maximum Gasteiger partial charge on any atom is 0.405 e. The largest absolute Gasteiger partial charge is 0.504 e. The zero-order valence-electron chi connectivity index (χ0n) is 16.4. The molecule has 0 unspecified atom stereocenters. The van der Waals surface area contributed by atoms with Gasteiger partial charge in [0.1, 0.15) is 5.69 Å². The summed E-state index contributed by atoms with van der Waals surface area (Å²) in [5, 5.41) is 26.8. The summed E-state index contributed by atoms with van der Waals surface area (Å²) in [6, 6.07) is 18.7. The van der Waals surface area contributed by atoms with Crippen LogP contribution in [0.5, 0.6) is 5.75 Å². The lowest BCUT2D eigenvalue weighted by atomic mass is 9.72. The van der Waals surface area contributed by atoms with E-state index >= 15 is 0 Å². The number of nitrogens with one attached hydrogen (secondary N) is 1. The molecule has 1 aliphatic rings. The van der Waals surface area contributed by atoms with Gasteiger partial charge >= 0.3 is 6.09 Å². The molecule has 1 aliphatic carbocycles. The quantitative estimate of drug-likeness (QED) is 0.416. The van der Waals surface area contributed by atoms with Gasteiger partial charge in [0.15, 0.2) is 16.5 Å². The molecular weight excluding hydrogens is 416 g/mol. The number of imidazole rings is 1. The van der Waals surface area contributed by atoms with Crippen molar-refractivity contribution in [2.45, 2.75) is 24.8 Å². The molecule has 7 nitrogen and oxygen atoms in total. The smallest absolute Gasteiger partial charge is 0.405 e. The molecule has 2 heterocycles. The molecule has 8 heteroatoms. The summed E-state index contributed by atoms with van der Waals surface area (Å²) in [7, 11) is 0. The summed E-state index contributed by atoms with van der Waals surface area (Å²) in [5.74, 6) is -0.0564. The highest BCUT2D eigenvalue weighted by atomic mass is 35.5. The van der Waals surface area contributed by atoms with E-state index in [9.17, 15) is 15.0 Å². The summed E-state index contributed by atoms with van der Waals surface area (Å²) in [4.78, 5) is 15.9. The van der Waals surface area contributed by atoms with Crippen LogP contribution in [-0.2, 0) is 5.54 Å². The third-order valence-electron chi connectivity index (χ3n) is 5.85. The first-order valence-electron chi connectivity index (χ1n) is 9.92. The standard InChI is InChI=1S/C23H19ClN4O3/c24-18-13-17(29)21-25-19(20(28(21)27-18)15-5-2-1-3-6-15)14-7-9-16(10-8-14)23(11-4-12-23)26-22(30)31/h1-3,5-10,13,26,29H,4,11-12H2,(H,30,31). The number of aromatic hydroxyl groups is 1. The molecule has 1 saturated carbocycles. The molecule has 1 amide bonds. The van der Waals surface area contributed by atoms with Crippen molar-refractivity contribution in [3.63, 3.8) is 0 Å². The molecule has 2 aromatic heterocycles. The second kappa shape index (κ2) is 7.28. The van der Waals surface area contributed by atoms with E-state index in [4.69, 9.17) is 11.6 Å². The van der Waals surface area contributed by atoms with Gasteiger partial charge in [-0.2, -0.15) is 5.10 Å². The number of hydrogen-bond donors (Lipinski definition) is 3. The number of aromatic nitrogens is 3. The van der Waals surface area contributed by atoms with Gasteiger partial charge < -0.3 is 15.5 Å². The first-order valence-corrected chi connectivity index (χ1v) is 10.3. The van der Waals surface area contributed by atoms with Crippen molar-refractivity contribution in [2.75, 3.05) is 0 Å². The van der Waals surface area contributed by atoms with Gasteiger partial charge in [-0.1, -0.05) is 66.2 Å².